The van der Waals surface area contributed by atoms with E-state index in [9.17, 15) is 39.3 Å². The first-order valence-electron chi connectivity index (χ1n) is 24.2. The van der Waals surface area contributed by atoms with Crippen molar-refractivity contribution in [2.24, 2.45) is 17.2 Å². The summed E-state index contributed by atoms with van der Waals surface area (Å²) >= 11 is 6.72. The number of halogens is 2. The molecule has 9 rings (SSSR count). The van der Waals surface area contributed by atoms with Gasteiger partial charge in [-0.05, 0) is 177 Å². The minimum absolute atomic E-state index is 0.151. The molecule has 0 atom stereocenters. The molecule has 0 fully saturated rings. The second-order valence-corrected chi connectivity index (χ2v) is 19.3. The molecule has 0 unspecified atom stereocenters. The Morgan fingerprint density at radius 1 is 0.474 bits per heavy atom. The van der Waals surface area contributed by atoms with Crippen LogP contribution in [0.25, 0.3) is 32.7 Å². The number of H-pyrrole nitrogens is 3. The first kappa shape index (κ1) is 55.7. The molecule has 19 heteroatoms. The van der Waals surface area contributed by atoms with Crippen molar-refractivity contribution in [2.75, 3.05) is 30.3 Å². The van der Waals surface area contributed by atoms with Crippen LogP contribution in [0.3, 0.4) is 0 Å². The van der Waals surface area contributed by atoms with Crippen LogP contribution in [0.4, 0.5) is 11.4 Å². The van der Waals surface area contributed by atoms with E-state index in [0.717, 1.165) is 53.9 Å². The van der Waals surface area contributed by atoms with Crippen LogP contribution in [0.2, 0.25) is 0 Å². The zero-order chi connectivity index (χ0) is 54.3. The van der Waals surface area contributed by atoms with Gasteiger partial charge in [0.15, 0.2) is 0 Å². The third kappa shape index (κ3) is 14.2. The third-order valence-corrected chi connectivity index (χ3v) is 13.2. The summed E-state index contributed by atoms with van der Waals surface area (Å²) in [5, 5.41) is 36.3. The molecule has 0 aliphatic rings. The van der Waals surface area contributed by atoms with Crippen LogP contribution in [-0.4, -0.2) is 79.6 Å². The van der Waals surface area contributed by atoms with E-state index in [1.807, 2.05) is 78.9 Å². The van der Waals surface area contributed by atoms with Crippen LogP contribution in [0.5, 0.6) is 5.75 Å². The number of benzene rings is 6. The Balaban J connectivity index is 0.000000166. The normalized spacial score (nSPS) is 10.9. The van der Waals surface area contributed by atoms with Crippen molar-refractivity contribution < 1.29 is 44.0 Å². The largest absolute Gasteiger partial charge is 0.489 e. The van der Waals surface area contributed by atoms with Gasteiger partial charge in [0.2, 0.25) is 0 Å². The molecule has 0 bridgehead atoms. The maximum atomic E-state index is 12.6. The lowest BCUT2D eigenvalue weighted by molar-refractivity contribution is 0.0679. The number of hydrogen-bond acceptors (Lipinski definition) is 9. The molecule has 0 saturated carbocycles. The Labute approximate surface area is 453 Å². The Hall–Kier alpha value is -8.07. The predicted molar refractivity (Wildman–Crippen MR) is 303 cm³/mol. The number of carbonyl (C=O) groups is 5. The minimum Gasteiger partial charge on any atom is -0.489 e. The Morgan fingerprint density at radius 3 is 1.37 bits per heavy atom. The molecule has 0 radical (unpaired) electrons. The molecular formula is C57H56Br2N8O9. The van der Waals surface area contributed by atoms with Gasteiger partial charge in [-0.2, -0.15) is 0 Å². The number of nitrogens with one attached hydrogen (secondary N) is 5. The van der Waals surface area contributed by atoms with Gasteiger partial charge in [-0.1, -0.05) is 68.3 Å². The van der Waals surface area contributed by atoms with Crippen LogP contribution < -0.4 is 32.6 Å². The van der Waals surface area contributed by atoms with Gasteiger partial charge in [0.05, 0.1) is 0 Å². The third-order valence-electron chi connectivity index (χ3n) is 12.2. The molecule has 0 aliphatic carbocycles. The highest BCUT2D eigenvalue weighted by Gasteiger charge is 2.21. The molecule has 0 spiro atoms. The number of carbonyl (C=O) groups excluding carboxylic acids is 2. The highest BCUT2D eigenvalue weighted by molar-refractivity contribution is 9.10. The first-order valence-corrected chi connectivity index (χ1v) is 25.8. The monoisotopic (exact) mass is 1150 g/mol. The maximum Gasteiger partial charge on any atom is 0.352 e. The summed E-state index contributed by atoms with van der Waals surface area (Å²) in [6, 6.07) is 40.3. The van der Waals surface area contributed by atoms with E-state index in [2.05, 4.69) is 57.4 Å². The summed E-state index contributed by atoms with van der Waals surface area (Å²) in [7, 11) is 0. The SMILES string of the molecule is NCCCc1c(C(=O)O)[nH]c2ccc(C(=O)Nc3ccc(Br)cc3)cc12.NCCCc1c(C(=O)O)[nH]c2ccc(C(=O)Nc3cccc(Br)c3)cc12.NCCCc1c(C(=O)O)[nH]c2ccc(OCc3ccccc3)cc12. The van der Waals surface area contributed by atoms with Crippen molar-refractivity contribution in [3.8, 4) is 5.75 Å². The molecule has 2 amide bonds. The number of fused-ring (bicyclic) bond motifs is 3. The number of rotatable bonds is 19. The molecule has 9 aromatic rings. The second kappa shape index (κ2) is 26.4. The molecule has 0 saturated heterocycles. The number of carboxylic acid groups (broad SMARTS) is 3. The van der Waals surface area contributed by atoms with E-state index in [0.29, 0.717) is 103 Å². The van der Waals surface area contributed by atoms with Gasteiger partial charge in [0.25, 0.3) is 11.8 Å². The van der Waals surface area contributed by atoms with E-state index < -0.39 is 17.9 Å². The molecule has 6 aromatic carbocycles. The van der Waals surface area contributed by atoms with Gasteiger partial charge >= 0.3 is 17.9 Å². The summed E-state index contributed by atoms with van der Waals surface area (Å²) in [5.74, 6) is -2.78. The fourth-order valence-corrected chi connectivity index (χ4v) is 9.17. The van der Waals surface area contributed by atoms with E-state index >= 15 is 0 Å². The number of hydrogen-bond donors (Lipinski definition) is 11. The summed E-state index contributed by atoms with van der Waals surface area (Å²) < 4.78 is 7.64. The molecule has 3 heterocycles. The van der Waals surface area contributed by atoms with Crippen molar-refractivity contribution in [2.45, 2.75) is 45.1 Å². The topological polar surface area (TPSA) is 305 Å². The van der Waals surface area contributed by atoms with Crippen molar-refractivity contribution in [1.82, 2.24) is 15.0 Å². The first-order chi connectivity index (χ1) is 36.7. The van der Waals surface area contributed by atoms with Crippen molar-refractivity contribution in [1.29, 1.82) is 0 Å². The number of carboxylic acids is 3. The van der Waals surface area contributed by atoms with Gasteiger partial charge in [-0.15, -0.1) is 0 Å². The number of aromatic carboxylic acids is 3. The average molecular weight is 1160 g/mol. The lowest BCUT2D eigenvalue weighted by Crippen LogP contribution is -2.11. The zero-order valence-electron chi connectivity index (χ0n) is 41.1. The summed E-state index contributed by atoms with van der Waals surface area (Å²) in [4.78, 5) is 68.4. The van der Waals surface area contributed by atoms with Gasteiger partial charge in [0.1, 0.15) is 29.4 Å². The van der Waals surface area contributed by atoms with Gasteiger partial charge in [0, 0.05) is 64.2 Å². The minimum atomic E-state index is -1.02. The van der Waals surface area contributed by atoms with Gasteiger partial charge in [-0.3, -0.25) is 9.59 Å². The van der Waals surface area contributed by atoms with E-state index in [1.165, 1.54) is 0 Å². The Morgan fingerprint density at radius 2 is 0.921 bits per heavy atom. The van der Waals surface area contributed by atoms with Crippen molar-refractivity contribution in [3.05, 3.63) is 193 Å². The summed E-state index contributed by atoms with van der Waals surface area (Å²) in [5.41, 5.74) is 24.9. The summed E-state index contributed by atoms with van der Waals surface area (Å²) in [6.45, 7) is 1.93. The maximum absolute atomic E-state index is 12.6. The summed E-state index contributed by atoms with van der Waals surface area (Å²) in [6.07, 6.45) is 3.78. The lowest BCUT2D eigenvalue weighted by atomic mass is 10.0. The van der Waals surface area contributed by atoms with Crippen LogP contribution in [-0.2, 0) is 25.9 Å². The van der Waals surface area contributed by atoms with Gasteiger partial charge < -0.3 is 62.8 Å². The van der Waals surface area contributed by atoms with Gasteiger partial charge in [-0.25, -0.2) is 14.4 Å². The highest BCUT2D eigenvalue weighted by Crippen LogP contribution is 2.30. The molecule has 14 N–H and O–H groups in total. The van der Waals surface area contributed by atoms with Crippen LogP contribution in [0.15, 0.2) is 142 Å². The molecule has 0 aliphatic heterocycles. The fourth-order valence-electron chi connectivity index (χ4n) is 8.50. The number of aryl methyl sites for hydroxylation is 3. The molecular weight excluding hydrogens is 1100 g/mol. The molecule has 392 valence electrons. The number of ether oxygens (including phenoxy) is 1. The van der Waals surface area contributed by atoms with Crippen LogP contribution in [0, 0.1) is 0 Å². The van der Waals surface area contributed by atoms with E-state index in [-0.39, 0.29) is 28.9 Å². The lowest BCUT2D eigenvalue weighted by Gasteiger charge is -2.07. The number of amides is 2. The number of aromatic nitrogens is 3. The fraction of sp³-hybridized carbons (Fsp3) is 0.175. The number of aromatic amines is 3. The Bertz CT molecular complexity index is 3520. The quantitative estimate of drug-likeness (QED) is 0.0360. The second-order valence-electron chi connectivity index (χ2n) is 17.5. The van der Waals surface area contributed by atoms with Crippen molar-refractivity contribution in [3.63, 3.8) is 0 Å². The Kier molecular flexibility index (Phi) is 19.4. The highest BCUT2D eigenvalue weighted by atomic mass is 79.9. The predicted octanol–water partition coefficient (Wildman–Crippen LogP) is 10.9. The van der Waals surface area contributed by atoms with E-state index in [4.69, 9.17) is 21.9 Å². The number of anilines is 2. The molecule has 17 nitrogen and oxygen atoms in total. The average Bonchev–Trinajstić information content (AvgIpc) is 4.10. The van der Waals surface area contributed by atoms with Crippen LogP contribution >= 0.6 is 31.9 Å². The molecule has 3 aromatic heterocycles. The zero-order valence-corrected chi connectivity index (χ0v) is 44.2. The van der Waals surface area contributed by atoms with Crippen LogP contribution in [0.1, 0.15) is 93.7 Å². The van der Waals surface area contributed by atoms with E-state index in [1.54, 1.807) is 54.6 Å². The molecule has 76 heavy (non-hydrogen) atoms. The standard InChI is InChI=1S/2C19H18BrN3O3.C19H20N2O3/c20-12-3-1-4-13(10-12)22-18(24)11-6-7-16-15(9-11)14(5-2-8-21)17(23-16)19(25)26;20-12-4-6-13(7-5-12)22-18(24)11-3-8-16-15(10-11)14(2-1-9-21)17(23-16)19(25)26;20-10-4-7-15-16-11-14(24-12-13-5-2-1-3-6-13)8-9-17(16)21-18(15)19(22)23/h1,3-4,6-7,9-10,23H,2,5,8,21H2,(H,22,24)(H,25,26);3-8,10,23H,1-2,9,21H2,(H,22,24)(H,25,26);1-3,5-6,8-9,11,21H,4,7,10,12,20H2,(H,22,23). The number of nitrogens with two attached hydrogens (primary N) is 3. The van der Waals surface area contributed by atoms with Crippen molar-refractivity contribution >= 4 is 106 Å². The smallest absolute Gasteiger partial charge is 0.352 e.